The Hall–Kier alpha value is -2.11. The van der Waals surface area contributed by atoms with Crippen LogP contribution in [0.4, 0.5) is 0 Å². The van der Waals surface area contributed by atoms with Crippen molar-refractivity contribution in [3.63, 3.8) is 0 Å². The van der Waals surface area contributed by atoms with Gasteiger partial charge in [-0.2, -0.15) is 0 Å². The van der Waals surface area contributed by atoms with Crippen LogP contribution in [-0.2, 0) is 28.6 Å². The van der Waals surface area contributed by atoms with Gasteiger partial charge in [-0.05, 0) is 70.6 Å². The highest BCUT2D eigenvalue weighted by Gasteiger charge is 2.19. The van der Waals surface area contributed by atoms with Crippen LogP contribution in [0.25, 0.3) is 0 Å². The molecule has 6 heteroatoms. The van der Waals surface area contributed by atoms with Gasteiger partial charge < -0.3 is 14.2 Å². The quantitative estimate of drug-likeness (QED) is 0.0262. The number of ether oxygens (including phenoxy) is 3. The molecule has 382 valence electrons. The van der Waals surface area contributed by atoms with Crippen molar-refractivity contribution in [3.05, 3.63) is 24.3 Å². The van der Waals surface area contributed by atoms with Gasteiger partial charge in [-0.25, -0.2) is 0 Å². The van der Waals surface area contributed by atoms with E-state index < -0.39 is 6.10 Å². The molecule has 0 aromatic rings. The van der Waals surface area contributed by atoms with Crippen molar-refractivity contribution in [2.75, 3.05) is 13.2 Å². The summed E-state index contributed by atoms with van der Waals surface area (Å²) in [4.78, 5) is 38.0. The largest absolute Gasteiger partial charge is 0.462 e. The molecule has 6 nitrogen and oxygen atoms in total. The van der Waals surface area contributed by atoms with E-state index in [4.69, 9.17) is 14.2 Å². The molecule has 1 unspecified atom stereocenters. The fraction of sp³-hybridized carbons (Fsp3) is 0.881. The number of hydrogen-bond acceptors (Lipinski definition) is 6. The molecule has 65 heavy (non-hydrogen) atoms. The molecule has 0 amide bonds. The van der Waals surface area contributed by atoms with Crippen molar-refractivity contribution >= 4 is 17.9 Å². The minimum absolute atomic E-state index is 0.0708. The van der Waals surface area contributed by atoms with E-state index in [2.05, 4.69) is 45.1 Å². The van der Waals surface area contributed by atoms with Crippen molar-refractivity contribution in [3.8, 4) is 0 Å². The Labute approximate surface area is 404 Å². The number of carbonyl (C=O) groups is 3. The van der Waals surface area contributed by atoms with Crippen molar-refractivity contribution < 1.29 is 28.6 Å². The number of hydrogen-bond donors (Lipinski definition) is 0. The van der Waals surface area contributed by atoms with Crippen LogP contribution in [0.1, 0.15) is 316 Å². The highest BCUT2D eigenvalue weighted by atomic mass is 16.6. The maximum Gasteiger partial charge on any atom is 0.306 e. The SMILES string of the molecule is CCCCCCC/C=C\CCCCCCCC(=O)OC(COC(=O)CCCCCCCCCCCC)COC(=O)CCCCCCCCCCCCC/C=C\CCCCCCCCCC. The fourth-order valence-electron chi connectivity index (χ4n) is 8.55. The predicted molar refractivity (Wildman–Crippen MR) is 279 cm³/mol. The smallest absolute Gasteiger partial charge is 0.306 e. The molecule has 1 atom stereocenters. The van der Waals surface area contributed by atoms with E-state index in [-0.39, 0.29) is 31.1 Å². The second kappa shape index (κ2) is 54.5. The monoisotopic (exact) mass is 915 g/mol. The van der Waals surface area contributed by atoms with Crippen molar-refractivity contribution in [2.24, 2.45) is 0 Å². The summed E-state index contributed by atoms with van der Waals surface area (Å²) in [6.07, 6.45) is 63.2. The average Bonchev–Trinajstić information content (AvgIpc) is 3.30. The Balaban J connectivity index is 4.21. The van der Waals surface area contributed by atoms with Crippen LogP contribution in [0.5, 0.6) is 0 Å². The Kier molecular flexibility index (Phi) is 52.7. The molecule has 0 aliphatic heterocycles. The van der Waals surface area contributed by atoms with Gasteiger partial charge in [0, 0.05) is 19.3 Å². The van der Waals surface area contributed by atoms with Crippen LogP contribution < -0.4 is 0 Å². The molecule has 0 saturated carbocycles. The summed E-state index contributed by atoms with van der Waals surface area (Å²) < 4.78 is 16.8. The van der Waals surface area contributed by atoms with Crippen LogP contribution in [0, 0.1) is 0 Å². The number of allylic oxidation sites excluding steroid dienone is 4. The lowest BCUT2D eigenvalue weighted by Gasteiger charge is -2.18. The number of carbonyl (C=O) groups excluding carboxylic acids is 3. The molecule has 0 saturated heterocycles. The fourth-order valence-corrected chi connectivity index (χ4v) is 8.55. The zero-order valence-corrected chi connectivity index (χ0v) is 43.8. The van der Waals surface area contributed by atoms with Crippen LogP contribution in [0.3, 0.4) is 0 Å². The van der Waals surface area contributed by atoms with Gasteiger partial charge in [0.15, 0.2) is 6.10 Å². The van der Waals surface area contributed by atoms with Crippen molar-refractivity contribution in [1.29, 1.82) is 0 Å². The predicted octanol–water partition coefficient (Wildman–Crippen LogP) is 19.1. The van der Waals surface area contributed by atoms with E-state index in [1.54, 1.807) is 0 Å². The number of esters is 3. The normalized spacial score (nSPS) is 12.1. The standard InChI is InChI=1S/C59H110O6/c1-4-7-10-13-16-19-22-24-26-27-28-29-30-31-32-33-34-36-37-40-43-46-49-52-58(61)64-55-56(54-63-57(60)51-48-45-42-39-21-18-15-12-9-6-3)65-59(62)53-50-47-44-41-38-35-25-23-20-17-14-11-8-5-2/h23,25,27-28,56H,4-22,24,26,29-55H2,1-3H3/b25-23-,28-27-. The minimum atomic E-state index is -0.771. The summed E-state index contributed by atoms with van der Waals surface area (Å²) in [5, 5.41) is 0. The zero-order chi connectivity index (χ0) is 47.2. The summed E-state index contributed by atoms with van der Waals surface area (Å²) in [6.45, 7) is 6.65. The molecule has 0 aromatic carbocycles. The maximum absolute atomic E-state index is 12.8. The summed E-state index contributed by atoms with van der Waals surface area (Å²) in [5.41, 5.74) is 0. The van der Waals surface area contributed by atoms with Gasteiger partial charge >= 0.3 is 17.9 Å². The van der Waals surface area contributed by atoms with Crippen LogP contribution in [-0.4, -0.2) is 37.2 Å². The molecule has 0 bridgehead atoms. The Morgan fingerprint density at radius 1 is 0.292 bits per heavy atom. The maximum atomic E-state index is 12.8. The highest BCUT2D eigenvalue weighted by Crippen LogP contribution is 2.16. The van der Waals surface area contributed by atoms with E-state index >= 15 is 0 Å². The molecule has 0 aromatic heterocycles. The second-order valence-electron chi connectivity index (χ2n) is 19.6. The van der Waals surface area contributed by atoms with E-state index in [1.807, 2.05) is 0 Å². The highest BCUT2D eigenvalue weighted by molar-refractivity contribution is 5.71. The van der Waals surface area contributed by atoms with Crippen LogP contribution in [0.2, 0.25) is 0 Å². The third kappa shape index (κ3) is 52.7. The van der Waals surface area contributed by atoms with E-state index in [0.29, 0.717) is 19.3 Å². The third-order valence-corrected chi connectivity index (χ3v) is 12.9. The van der Waals surface area contributed by atoms with Gasteiger partial charge in [0.05, 0.1) is 0 Å². The van der Waals surface area contributed by atoms with Crippen molar-refractivity contribution in [2.45, 2.75) is 322 Å². The van der Waals surface area contributed by atoms with Gasteiger partial charge in [-0.1, -0.05) is 251 Å². The van der Waals surface area contributed by atoms with Gasteiger partial charge in [-0.15, -0.1) is 0 Å². The molecule has 0 N–H and O–H groups in total. The zero-order valence-electron chi connectivity index (χ0n) is 43.8. The first-order valence-corrected chi connectivity index (χ1v) is 28.8. The number of rotatable bonds is 53. The molecule has 0 heterocycles. The van der Waals surface area contributed by atoms with Crippen LogP contribution >= 0.6 is 0 Å². The summed E-state index contributed by atoms with van der Waals surface area (Å²) in [5.74, 6) is -0.865. The first-order chi connectivity index (χ1) is 32.0. The molecule has 0 spiro atoms. The lowest BCUT2D eigenvalue weighted by atomic mass is 10.0. The third-order valence-electron chi connectivity index (χ3n) is 12.9. The van der Waals surface area contributed by atoms with Crippen LogP contribution in [0.15, 0.2) is 24.3 Å². The van der Waals surface area contributed by atoms with Gasteiger partial charge in [0.25, 0.3) is 0 Å². The first kappa shape index (κ1) is 62.9. The first-order valence-electron chi connectivity index (χ1n) is 28.8. The molecular weight excluding hydrogens is 805 g/mol. The molecule has 0 fully saturated rings. The molecule has 0 rings (SSSR count). The minimum Gasteiger partial charge on any atom is -0.462 e. The van der Waals surface area contributed by atoms with E-state index in [1.165, 1.54) is 212 Å². The topological polar surface area (TPSA) is 78.9 Å². The lowest BCUT2D eigenvalue weighted by molar-refractivity contribution is -0.167. The molecule has 0 aliphatic rings. The summed E-state index contributed by atoms with van der Waals surface area (Å²) in [7, 11) is 0. The lowest BCUT2D eigenvalue weighted by Crippen LogP contribution is -2.30. The van der Waals surface area contributed by atoms with Gasteiger partial charge in [-0.3, -0.25) is 14.4 Å². The second-order valence-corrected chi connectivity index (χ2v) is 19.6. The van der Waals surface area contributed by atoms with E-state index in [0.717, 1.165) is 64.2 Å². The van der Waals surface area contributed by atoms with Gasteiger partial charge in [0.2, 0.25) is 0 Å². The molecule has 0 aliphatic carbocycles. The average molecular weight is 916 g/mol. The summed E-state index contributed by atoms with van der Waals surface area (Å²) in [6, 6.07) is 0. The van der Waals surface area contributed by atoms with Gasteiger partial charge in [0.1, 0.15) is 13.2 Å². The van der Waals surface area contributed by atoms with E-state index in [9.17, 15) is 14.4 Å². The molecule has 0 radical (unpaired) electrons. The number of unbranched alkanes of at least 4 members (excludes halogenated alkanes) is 38. The Bertz CT molecular complexity index is 1050. The Morgan fingerprint density at radius 3 is 0.769 bits per heavy atom. The summed E-state index contributed by atoms with van der Waals surface area (Å²) >= 11 is 0. The Morgan fingerprint density at radius 2 is 0.508 bits per heavy atom. The van der Waals surface area contributed by atoms with Crippen molar-refractivity contribution in [1.82, 2.24) is 0 Å². The molecular formula is C59H110O6.